The maximum absolute atomic E-state index is 12.1. The first-order valence-electron chi connectivity index (χ1n) is 6.19. The molecule has 0 saturated heterocycles. The van der Waals surface area contributed by atoms with Gasteiger partial charge in [-0.05, 0) is 25.0 Å². The van der Waals surface area contributed by atoms with Gasteiger partial charge in [0.25, 0.3) is 0 Å². The molecule has 0 bridgehead atoms. The summed E-state index contributed by atoms with van der Waals surface area (Å²) in [5.41, 5.74) is 0.450. The molecule has 0 aliphatic rings. The lowest BCUT2D eigenvalue weighted by molar-refractivity contribution is 0.0701. The molecule has 0 amide bonds. The minimum Gasteiger partial charge on any atom is -0.477 e. The standard InChI is InChI=1S/C12H15N3O4S2/c1-9-7-10(20-11(9)12(16)17)21(18,19)14-3-2-5-15-6-4-13-8-15/h4,6-8,14H,2-3,5H2,1H3,(H,16,17). The second-order valence-electron chi connectivity index (χ2n) is 4.43. The lowest BCUT2D eigenvalue weighted by atomic mass is 10.3. The summed E-state index contributed by atoms with van der Waals surface area (Å²) >= 11 is 0.765. The third kappa shape index (κ3) is 3.90. The molecular weight excluding hydrogens is 314 g/mol. The maximum atomic E-state index is 12.1. The average Bonchev–Trinajstić information content (AvgIpc) is 3.04. The minimum absolute atomic E-state index is 0.0278. The third-order valence-electron chi connectivity index (χ3n) is 2.80. The molecule has 0 unspecified atom stereocenters. The fourth-order valence-electron chi connectivity index (χ4n) is 1.76. The number of imidazole rings is 1. The van der Waals surface area contributed by atoms with Crippen LogP contribution in [0.25, 0.3) is 0 Å². The summed E-state index contributed by atoms with van der Waals surface area (Å²) in [5.74, 6) is -1.11. The van der Waals surface area contributed by atoms with E-state index in [1.54, 1.807) is 25.6 Å². The van der Waals surface area contributed by atoms with Gasteiger partial charge in [0.2, 0.25) is 10.0 Å². The van der Waals surface area contributed by atoms with E-state index in [1.165, 1.54) is 6.07 Å². The Hall–Kier alpha value is -1.71. The van der Waals surface area contributed by atoms with E-state index >= 15 is 0 Å². The fourth-order valence-corrected chi connectivity index (χ4v) is 4.25. The number of carboxylic acids is 1. The molecule has 0 saturated carbocycles. The number of nitrogens with one attached hydrogen (secondary N) is 1. The molecule has 0 aliphatic heterocycles. The lowest BCUT2D eigenvalue weighted by Crippen LogP contribution is -2.24. The largest absolute Gasteiger partial charge is 0.477 e. The zero-order chi connectivity index (χ0) is 15.5. The topological polar surface area (TPSA) is 101 Å². The molecule has 9 heteroatoms. The Balaban J connectivity index is 1.95. The fraction of sp³-hybridized carbons (Fsp3) is 0.333. The van der Waals surface area contributed by atoms with Crippen LogP contribution < -0.4 is 4.72 Å². The molecule has 114 valence electrons. The number of carboxylic acid groups (broad SMARTS) is 1. The van der Waals surface area contributed by atoms with Crippen molar-refractivity contribution in [3.63, 3.8) is 0 Å². The smallest absolute Gasteiger partial charge is 0.346 e. The Morgan fingerprint density at radius 3 is 2.86 bits per heavy atom. The first-order chi connectivity index (χ1) is 9.90. The van der Waals surface area contributed by atoms with E-state index in [0.29, 0.717) is 18.5 Å². The van der Waals surface area contributed by atoms with Gasteiger partial charge < -0.3 is 9.67 Å². The van der Waals surface area contributed by atoms with Crippen molar-refractivity contribution in [3.05, 3.63) is 35.2 Å². The van der Waals surface area contributed by atoms with Crippen LogP contribution in [0.2, 0.25) is 0 Å². The second kappa shape index (κ2) is 6.37. The summed E-state index contributed by atoms with van der Waals surface area (Å²) in [7, 11) is -3.66. The Kier molecular flexibility index (Phi) is 4.76. The first kappa shape index (κ1) is 15.7. The predicted octanol–water partition coefficient (Wildman–Crippen LogP) is 1.32. The number of nitrogens with zero attached hydrogens (tertiary/aromatic N) is 2. The SMILES string of the molecule is Cc1cc(S(=O)(=O)NCCCn2ccnc2)sc1C(=O)O. The number of aromatic nitrogens is 2. The molecule has 0 aromatic carbocycles. The van der Waals surface area contributed by atoms with E-state index in [2.05, 4.69) is 9.71 Å². The first-order valence-corrected chi connectivity index (χ1v) is 8.49. The van der Waals surface area contributed by atoms with Gasteiger partial charge in [-0.25, -0.2) is 22.9 Å². The Morgan fingerprint density at radius 2 is 2.29 bits per heavy atom. The van der Waals surface area contributed by atoms with E-state index in [-0.39, 0.29) is 15.6 Å². The van der Waals surface area contributed by atoms with Crippen molar-refractivity contribution in [2.45, 2.75) is 24.1 Å². The number of carbonyl (C=O) groups is 1. The quantitative estimate of drug-likeness (QED) is 0.746. The van der Waals surface area contributed by atoms with Gasteiger partial charge in [0.1, 0.15) is 9.09 Å². The summed E-state index contributed by atoms with van der Waals surface area (Å²) in [6, 6.07) is 1.38. The van der Waals surface area contributed by atoms with Gasteiger partial charge in [0, 0.05) is 25.5 Å². The van der Waals surface area contributed by atoms with Gasteiger partial charge in [-0.3, -0.25) is 0 Å². The number of rotatable bonds is 7. The van der Waals surface area contributed by atoms with Crippen LogP contribution in [0.4, 0.5) is 0 Å². The van der Waals surface area contributed by atoms with E-state index in [0.717, 1.165) is 11.3 Å². The van der Waals surface area contributed by atoms with Crippen molar-refractivity contribution in [1.82, 2.24) is 14.3 Å². The van der Waals surface area contributed by atoms with Crippen LogP contribution in [0.15, 0.2) is 29.0 Å². The Bertz CT molecular complexity index is 720. The van der Waals surface area contributed by atoms with E-state index in [1.807, 2.05) is 4.57 Å². The number of hydrogen-bond acceptors (Lipinski definition) is 5. The third-order valence-corrected chi connectivity index (χ3v) is 5.96. The molecule has 0 spiro atoms. The molecular formula is C12H15N3O4S2. The highest BCUT2D eigenvalue weighted by Crippen LogP contribution is 2.25. The molecule has 0 aliphatic carbocycles. The second-order valence-corrected chi connectivity index (χ2v) is 7.48. The van der Waals surface area contributed by atoms with Gasteiger partial charge in [0.05, 0.1) is 6.33 Å². The number of hydrogen-bond donors (Lipinski definition) is 2. The number of sulfonamides is 1. The molecule has 2 rings (SSSR count). The van der Waals surface area contributed by atoms with E-state index < -0.39 is 16.0 Å². The summed E-state index contributed by atoms with van der Waals surface area (Å²) in [6.45, 7) is 2.52. The maximum Gasteiger partial charge on any atom is 0.346 e. The Morgan fingerprint density at radius 1 is 1.52 bits per heavy atom. The average molecular weight is 329 g/mol. The predicted molar refractivity (Wildman–Crippen MR) is 78.0 cm³/mol. The molecule has 21 heavy (non-hydrogen) atoms. The van der Waals surface area contributed by atoms with Crippen molar-refractivity contribution in [3.8, 4) is 0 Å². The molecule has 2 N–H and O–H groups in total. The molecule has 0 fully saturated rings. The molecule has 7 nitrogen and oxygen atoms in total. The molecule has 2 aromatic heterocycles. The summed E-state index contributed by atoms with van der Waals surface area (Å²) < 4.78 is 28.5. The zero-order valence-corrected chi connectivity index (χ0v) is 12.9. The van der Waals surface area contributed by atoms with Gasteiger partial charge in [-0.1, -0.05) is 0 Å². The number of aromatic carboxylic acids is 1. The van der Waals surface area contributed by atoms with Gasteiger partial charge in [0.15, 0.2) is 0 Å². The van der Waals surface area contributed by atoms with Gasteiger partial charge in [-0.15, -0.1) is 11.3 Å². The molecule has 0 atom stereocenters. The zero-order valence-electron chi connectivity index (χ0n) is 11.3. The van der Waals surface area contributed by atoms with Crippen LogP contribution >= 0.6 is 11.3 Å². The minimum atomic E-state index is -3.66. The molecule has 2 aromatic rings. The van der Waals surface area contributed by atoms with Crippen molar-refractivity contribution in [2.24, 2.45) is 0 Å². The monoisotopic (exact) mass is 329 g/mol. The van der Waals surface area contributed by atoms with E-state index in [9.17, 15) is 13.2 Å². The molecule has 2 heterocycles. The highest BCUT2D eigenvalue weighted by atomic mass is 32.2. The number of aryl methyl sites for hydroxylation is 2. The summed E-state index contributed by atoms with van der Waals surface area (Å²) in [6.07, 6.45) is 5.74. The van der Waals surface area contributed by atoms with Crippen LogP contribution in [0.5, 0.6) is 0 Å². The summed E-state index contributed by atoms with van der Waals surface area (Å²) in [4.78, 5) is 14.9. The lowest BCUT2D eigenvalue weighted by Gasteiger charge is -2.05. The van der Waals surface area contributed by atoms with Crippen molar-refractivity contribution in [1.29, 1.82) is 0 Å². The van der Waals surface area contributed by atoms with Crippen molar-refractivity contribution < 1.29 is 18.3 Å². The Labute approximate surface area is 126 Å². The van der Waals surface area contributed by atoms with Crippen molar-refractivity contribution >= 4 is 27.3 Å². The van der Waals surface area contributed by atoms with Crippen LogP contribution in [-0.4, -0.2) is 35.6 Å². The number of thiophene rings is 1. The highest BCUT2D eigenvalue weighted by molar-refractivity contribution is 7.91. The van der Waals surface area contributed by atoms with Gasteiger partial charge in [-0.2, -0.15) is 0 Å². The highest BCUT2D eigenvalue weighted by Gasteiger charge is 2.21. The van der Waals surface area contributed by atoms with Crippen LogP contribution in [-0.2, 0) is 16.6 Å². The van der Waals surface area contributed by atoms with Crippen LogP contribution in [0.3, 0.4) is 0 Å². The molecule has 0 radical (unpaired) electrons. The summed E-state index contributed by atoms with van der Waals surface area (Å²) in [5, 5.41) is 8.95. The van der Waals surface area contributed by atoms with Gasteiger partial charge >= 0.3 is 5.97 Å². The van der Waals surface area contributed by atoms with Crippen LogP contribution in [0, 0.1) is 6.92 Å². The van der Waals surface area contributed by atoms with Crippen molar-refractivity contribution in [2.75, 3.05) is 6.54 Å². The van der Waals surface area contributed by atoms with E-state index in [4.69, 9.17) is 5.11 Å². The normalized spacial score (nSPS) is 11.7. The van der Waals surface area contributed by atoms with Crippen LogP contribution in [0.1, 0.15) is 21.7 Å².